The maximum absolute atomic E-state index is 13.2. The van der Waals surface area contributed by atoms with Crippen molar-refractivity contribution >= 4 is 27.3 Å². The average Bonchev–Trinajstić information content (AvgIpc) is 2.77. The molecule has 2 unspecified atom stereocenters. The van der Waals surface area contributed by atoms with E-state index in [1.165, 1.54) is 12.1 Å². The number of halogens is 2. The Morgan fingerprint density at radius 3 is 2.89 bits per heavy atom. The summed E-state index contributed by atoms with van der Waals surface area (Å²) in [4.78, 5) is 1.13. The summed E-state index contributed by atoms with van der Waals surface area (Å²) in [6, 6.07) is 8.35. The Hall–Kier alpha value is -0.910. The van der Waals surface area contributed by atoms with E-state index >= 15 is 0 Å². The monoisotopic (exact) mass is 327 g/mol. The number of ether oxygens (including phenoxy) is 1. The van der Waals surface area contributed by atoms with Gasteiger partial charge in [0.2, 0.25) is 0 Å². The second kappa shape index (κ2) is 4.64. The molecule has 1 aliphatic heterocycles. The van der Waals surface area contributed by atoms with Gasteiger partial charge in [0, 0.05) is 22.9 Å². The van der Waals surface area contributed by atoms with Crippen LogP contribution in [0.3, 0.4) is 0 Å². The molecule has 2 atom stereocenters. The lowest BCUT2D eigenvalue weighted by molar-refractivity contribution is 0.164. The van der Waals surface area contributed by atoms with E-state index in [0.717, 1.165) is 14.2 Å². The molecule has 2 nitrogen and oxygen atoms in total. The van der Waals surface area contributed by atoms with Gasteiger partial charge in [0.05, 0.1) is 3.79 Å². The van der Waals surface area contributed by atoms with E-state index in [-0.39, 0.29) is 18.0 Å². The molecule has 18 heavy (non-hydrogen) atoms. The number of hydrogen-bond donors (Lipinski definition) is 1. The highest BCUT2D eigenvalue weighted by atomic mass is 79.9. The molecule has 2 aromatic rings. The van der Waals surface area contributed by atoms with Crippen LogP contribution in [0.1, 0.15) is 29.0 Å². The van der Waals surface area contributed by atoms with E-state index in [1.54, 1.807) is 17.4 Å². The fraction of sp³-hybridized carbons (Fsp3) is 0.231. The largest absolute Gasteiger partial charge is 0.484 e. The Morgan fingerprint density at radius 2 is 2.17 bits per heavy atom. The molecule has 0 fully saturated rings. The number of benzene rings is 1. The second-order valence-corrected chi connectivity index (χ2v) is 6.77. The summed E-state index contributed by atoms with van der Waals surface area (Å²) in [6.07, 6.45) is 0.623. The van der Waals surface area contributed by atoms with Gasteiger partial charge in [-0.25, -0.2) is 4.39 Å². The summed E-state index contributed by atoms with van der Waals surface area (Å²) in [5.41, 5.74) is 6.85. The Labute approximate surface area is 117 Å². The Kier molecular flexibility index (Phi) is 3.13. The van der Waals surface area contributed by atoms with Gasteiger partial charge in [-0.2, -0.15) is 0 Å². The van der Waals surface area contributed by atoms with E-state index in [4.69, 9.17) is 10.5 Å². The van der Waals surface area contributed by atoms with Gasteiger partial charge >= 0.3 is 0 Å². The molecule has 0 saturated carbocycles. The highest BCUT2D eigenvalue weighted by Gasteiger charge is 2.28. The summed E-state index contributed by atoms with van der Waals surface area (Å²) in [6.45, 7) is 0. The molecule has 1 aromatic carbocycles. The molecule has 0 bridgehead atoms. The van der Waals surface area contributed by atoms with E-state index < -0.39 is 0 Å². The molecule has 0 amide bonds. The molecule has 1 aromatic heterocycles. The van der Waals surface area contributed by atoms with Crippen LogP contribution in [-0.2, 0) is 0 Å². The highest BCUT2D eigenvalue weighted by Crippen LogP contribution is 2.42. The SMILES string of the molecule is NC1CC(c2ccc(Br)s2)Oc2ccc(F)cc21. The van der Waals surface area contributed by atoms with Crippen molar-refractivity contribution in [2.45, 2.75) is 18.6 Å². The zero-order valence-electron chi connectivity index (χ0n) is 9.40. The van der Waals surface area contributed by atoms with Crippen LogP contribution in [0.15, 0.2) is 34.1 Å². The first-order valence-electron chi connectivity index (χ1n) is 5.60. The van der Waals surface area contributed by atoms with Crippen LogP contribution < -0.4 is 10.5 Å². The Bertz CT molecular complexity index is 586. The lowest BCUT2D eigenvalue weighted by Crippen LogP contribution is -2.23. The predicted octanol–water partition coefficient (Wildman–Crippen LogP) is 4.17. The molecule has 0 aliphatic carbocycles. The molecule has 5 heteroatoms. The lowest BCUT2D eigenvalue weighted by Gasteiger charge is -2.29. The molecule has 3 rings (SSSR count). The smallest absolute Gasteiger partial charge is 0.135 e. The summed E-state index contributed by atoms with van der Waals surface area (Å²) >= 11 is 5.07. The van der Waals surface area contributed by atoms with Crippen molar-refractivity contribution in [1.82, 2.24) is 0 Å². The van der Waals surface area contributed by atoms with Crippen LogP contribution in [0, 0.1) is 5.82 Å². The minimum Gasteiger partial charge on any atom is -0.484 e. The van der Waals surface area contributed by atoms with Crippen molar-refractivity contribution in [2.75, 3.05) is 0 Å². The van der Waals surface area contributed by atoms with Crippen LogP contribution in [0.4, 0.5) is 4.39 Å². The summed E-state index contributed by atoms with van der Waals surface area (Å²) in [7, 11) is 0. The molecule has 2 heterocycles. The van der Waals surface area contributed by atoms with Gasteiger partial charge in [-0.15, -0.1) is 11.3 Å². The van der Waals surface area contributed by atoms with Gasteiger partial charge in [-0.3, -0.25) is 0 Å². The molecule has 0 saturated heterocycles. The number of rotatable bonds is 1. The van der Waals surface area contributed by atoms with Gasteiger partial charge in [0.15, 0.2) is 0 Å². The zero-order valence-corrected chi connectivity index (χ0v) is 11.8. The molecule has 1 aliphatic rings. The maximum atomic E-state index is 13.2. The first-order valence-corrected chi connectivity index (χ1v) is 7.21. The fourth-order valence-corrected chi connectivity index (χ4v) is 3.62. The van der Waals surface area contributed by atoms with Crippen LogP contribution >= 0.6 is 27.3 Å². The van der Waals surface area contributed by atoms with Gasteiger partial charge < -0.3 is 10.5 Å². The summed E-state index contributed by atoms with van der Waals surface area (Å²) < 4.78 is 20.1. The third kappa shape index (κ3) is 2.18. The van der Waals surface area contributed by atoms with Crippen molar-refractivity contribution in [1.29, 1.82) is 0 Å². The van der Waals surface area contributed by atoms with Crippen molar-refractivity contribution in [3.63, 3.8) is 0 Å². The van der Waals surface area contributed by atoms with Crippen molar-refractivity contribution in [3.8, 4) is 5.75 Å². The molecule has 2 N–H and O–H groups in total. The number of hydrogen-bond acceptors (Lipinski definition) is 3. The standard InChI is InChI=1S/C13H11BrFNOS/c14-13-4-3-12(18-13)11-6-9(16)8-5-7(15)1-2-10(8)17-11/h1-5,9,11H,6,16H2. The van der Waals surface area contributed by atoms with Gasteiger partial charge in [-0.05, 0) is 46.3 Å². The van der Waals surface area contributed by atoms with Crippen LogP contribution in [0.2, 0.25) is 0 Å². The van der Waals surface area contributed by atoms with Crippen LogP contribution in [0.25, 0.3) is 0 Å². The topological polar surface area (TPSA) is 35.2 Å². The predicted molar refractivity (Wildman–Crippen MR) is 73.3 cm³/mol. The summed E-state index contributed by atoms with van der Waals surface area (Å²) in [5, 5.41) is 0. The second-order valence-electron chi connectivity index (χ2n) is 4.27. The highest BCUT2D eigenvalue weighted by molar-refractivity contribution is 9.11. The van der Waals surface area contributed by atoms with Gasteiger partial charge in [0.25, 0.3) is 0 Å². The van der Waals surface area contributed by atoms with Crippen molar-refractivity contribution in [2.24, 2.45) is 5.73 Å². The van der Waals surface area contributed by atoms with Crippen LogP contribution in [-0.4, -0.2) is 0 Å². The quantitative estimate of drug-likeness (QED) is 0.853. The minimum absolute atomic E-state index is 0.0470. The number of fused-ring (bicyclic) bond motifs is 1. The summed E-state index contributed by atoms with van der Waals surface area (Å²) in [5.74, 6) is 0.412. The van der Waals surface area contributed by atoms with Crippen molar-refractivity contribution < 1.29 is 9.13 Å². The lowest BCUT2D eigenvalue weighted by atomic mass is 9.96. The first-order chi connectivity index (χ1) is 8.63. The van der Waals surface area contributed by atoms with Gasteiger partial charge in [-0.1, -0.05) is 0 Å². The van der Waals surface area contributed by atoms with E-state index in [9.17, 15) is 4.39 Å². The molecular formula is C13H11BrFNOS. The van der Waals surface area contributed by atoms with E-state index in [1.807, 2.05) is 12.1 Å². The fourth-order valence-electron chi connectivity index (χ4n) is 2.15. The average molecular weight is 328 g/mol. The number of thiophene rings is 1. The molecule has 94 valence electrons. The zero-order chi connectivity index (χ0) is 12.7. The minimum atomic E-state index is -0.273. The van der Waals surface area contributed by atoms with Crippen LogP contribution in [0.5, 0.6) is 5.75 Å². The first kappa shape index (κ1) is 12.1. The van der Waals surface area contributed by atoms with E-state index in [2.05, 4.69) is 15.9 Å². The molecular weight excluding hydrogens is 317 g/mol. The van der Waals surface area contributed by atoms with Crippen molar-refractivity contribution in [3.05, 3.63) is 50.4 Å². The number of nitrogens with two attached hydrogens (primary N) is 1. The Morgan fingerprint density at radius 1 is 1.33 bits per heavy atom. The van der Waals surface area contributed by atoms with Gasteiger partial charge in [0.1, 0.15) is 17.7 Å². The maximum Gasteiger partial charge on any atom is 0.135 e. The molecule has 0 spiro atoms. The van der Waals surface area contributed by atoms with E-state index in [0.29, 0.717) is 12.2 Å². The normalized spacial score (nSPS) is 22.4. The molecule has 0 radical (unpaired) electrons. The Balaban J connectivity index is 1.94. The third-order valence-electron chi connectivity index (χ3n) is 3.02. The third-order valence-corrected chi connectivity index (χ3v) is 4.74.